The largest absolute Gasteiger partial charge is 0.302 e. The van der Waals surface area contributed by atoms with E-state index in [9.17, 15) is 0 Å². The molecular formula is C13H17N. The van der Waals surface area contributed by atoms with E-state index in [1.807, 2.05) is 0 Å². The van der Waals surface area contributed by atoms with Crippen LogP contribution in [0.1, 0.15) is 12.5 Å². The molecule has 1 atom stereocenters. The zero-order chi connectivity index (χ0) is 9.97. The van der Waals surface area contributed by atoms with Crippen molar-refractivity contribution in [3.8, 4) is 0 Å². The van der Waals surface area contributed by atoms with E-state index in [0.717, 1.165) is 6.54 Å². The van der Waals surface area contributed by atoms with Gasteiger partial charge in [-0.2, -0.15) is 0 Å². The Bertz CT molecular complexity index is 326. The Kier molecular flexibility index (Phi) is 2.69. The van der Waals surface area contributed by atoms with Crippen molar-refractivity contribution in [2.75, 3.05) is 20.1 Å². The van der Waals surface area contributed by atoms with Crippen molar-refractivity contribution in [3.63, 3.8) is 0 Å². The number of benzene rings is 1. The van der Waals surface area contributed by atoms with Crippen LogP contribution < -0.4 is 0 Å². The summed E-state index contributed by atoms with van der Waals surface area (Å²) in [5.74, 6) is 0.649. The second-order valence-electron chi connectivity index (χ2n) is 4.15. The van der Waals surface area contributed by atoms with E-state index in [2.05, 4.69) is 55.3 Å². The average molecular weight is 187 g/mol. The summed E-state index contributed by atoms with van der Waals surface area (Å²) in [6.07, 6.45) is 2.35. The molecule has 2 rings (SSSR count). The van der Waals surface area contributed by atoms with Crippen molar-refractivity contribution in [1.82, 2.24) is 4.90 Å². The van der Waals surface area contributed by atoms with Crippen LogP contribution in [0.3, 0.4) is 0 Å². The first-order chi connectivity index (χ1) is 6.77. The minimum Gasteiger partial charge on any atom is -0.302 e. The van der Waals surface area contributed by atoms with Crippen LogP contribution in [0.25, 0.3) is 5.57 Å². The summed E-state index contributed by atoms with van der Waals surface area (Å²) < 4.78 is 0. The maximum Gasteiger partial charge on any atom is 0.0166 e. The summed E-state index contributed by atoms with van der Waals surface area (Å²) in [5.41, 5.74) is 2.89. The van der Waals surface area contributed by atoms with E-state index in [-0.39, 0.29) is 0 Å². The van der Waals surface area contributed by atoms with Gasteiger partial charge in [-0.05, 0) is 24.1 Å². The number of hydrogen-bond donors (Lipinski definition) is 0. The van der Waals surface area contributed by atoms with Gasteiger partial charge in [-0.15, -0.1) is 0 Å². The molecule has 0 N–H and O–H groups in total. The Labute approximate surface area is 86.1 Å². The third kappa shape index (κ3) is 1.88. The van der Waals surface area contributed by atoms with E-state index in [1.54, 1.807) is 0 Å². The molecule has 1 unspecified atom stereocenters. The monoisotopic (exact) mass is 187 g/mol. The van der Waals surface area contributed by atoms with Crippen molar-refractivity contribution >= 4 is 5.57 Å². The molecule has 1 nitrogen and oxygen atoms in total. The number of likely N-dealkylation sites (N-methyl/N-ethyl adjacent to an activating group) is 1. The molecule has 1 aliphatic heterocycles. The van der Waals surface area contributed by atoms with Gasteiger partial charge in [0, 0.05) is 13.1 Å². The van der Waals surface area contributed by atoms with Crippen molar-refractivity contribution in [3.05, 3.63) is 42.0 Å². The average Bonchev–Trinajstić information content (AvgIpc) is 2.19. The molecule has 0 aliphatic carbocycles. The maximum atomic E-state index is 2.36. The van der Waals surface area contributed by atoms with Crippen LogP contribution in [-0.2, 0) is 0 Å². The highest BCUT2D eigenvalue weighted by Gasteiger charge is 2.16. The predicted molar refractivity (Wildman–Crippen MR) is 61.1 cm³/mol. The summed E-state index contributed by atoms with van der Waals surface area (Å²) in [5, 5.41) is 0. The van der Waals surface area contributed by atoms with Gasteiger partial charge in [0.2, 0.25) is 0 Å². The zero-order valence-electron chi connectivity index (χ0n) is 8.90. The van der Waals surface area contributed by atoms with Gasteiger partial charge in [-0.25, -0.2) is 0 Å². The fourth-order valence-corrected chi connectivity index (χ4v) is 2.13. The van der Waals surface area contributed by atoms with Crippen molar-refractivity contribution in [2.45, 2.75) is 6.92 Å². The second kappa shape index (κ2) is 3.97. The smallest absolute Gasteiger partial charge is 0.0166 e. The lowest BCUT2D eigenvalue weighted by molar-refractivity contribution is 0.329. The molecule has 74 valence electrons. The normalized spacial score (nSPS) is 23.3. The third-order valence-electron chi connectivity index (χ3n) is 2.85. The molecule has 0 spiro atoms. The molecule has 0 aromatic heterocycles. The molecule has 0 bridgehead atoms. The molecule has 0 amide bonds. The van der Waals surface area contributed by atoms with E-state index in [4.69, 9.17) is 0 Å². The number of nitrogens with zero attached hydrogens (tertiary/aromatic N) is 1. The SMILES string of the molecule is CC1CN(C)CC=C1c1ccccc1. The summed E-state index contributed by atoms with van der Waals surface area (Å²) in [4.78, 5) is 2.36. The highest BCUT2D eigenvalue weighted by molar-refractivity contribution is 5.68. The van der Waals surface area contributed by atoms with Crippen LogP contribution in [0.4, 0.5) is 0 Å². The van der Waals surface area contributed by atoms with Crippen LogP contribution in [0, 0.1) is 5.92 Å². The fraction of sp³-hybridized carbons (Fsp3) is 0.385. The quantitative estimate of drug-likeness (QED) is 0.653. The first kappa shape index (κ1) is 9.47. The molecular weight excluding hydrogens is 170 g/mol. The summed E-state index contributed by atoms with van der Waals surface area (Å²) in [6, 6.07) is 10.7. The van der Waals surface area contributed by atoms with Gasteiger partial charge in [-0.3, -0.25) is 0 Å². The Morgan fingerprint density at radius 1 is 1.21 bits per heavy atom. The van der Waals surface area contributed by atoms with E-state index in [1.165, 1.54) is 17.7 Å². The van der Waals surface area contributed by atoms with Gasteiger partial charge in [0.05, 0.1) is 0 Å². The number of hydrogen-bond acceptors (Lipinski definition) is 1. The Hall–Kier alpha value is -1.08. The van der Waals surface area contributed by atoms with Gasteiger partial charge in [0.1, 0.15) is 0 Å². The van der Waals surface area contributed by atoms with Gasteiger partial charge >= 0.3 is 0 Å². The maximum absolute atomic E-state index is 2.36. The highest BCUT2D eigenvalue weighted by atomic mass is 15.1. The minimum atomic E-state index is 0.649. The van der Waals surface area contributed by atoms with Crippen LogP contribution >= 0.6 is 0 Å². The van der Waals surface area contributed by atoms with E-state index < -0.39 is 0 Å². The Balaban J connectivity index is 2.27. The molecule has 0 fully saturated rings. The first-order valence-electron chi connectivity index (χ1n) is 5.21. The van der Waals surface area contributed by atoms with E-state index in [0.29, 0.717) is 5.92 Å². The molecule has 1 aliphatic rings. The van der Waals surface area contributed by atoms with Crippen LogP contribution in [-0.4, -0.2) is 25.0 Å². The first-order valence-corrected chi connectivity index (χ1v) is 5.21. The summed E-state index contributed by atoms with van der Waals surface area (Å²) >= 11 is 0. The number of rotatable bonds is 1. The molecule has 1 aromatic rings. The van der Waals surface area contributed by atoms with Crippen molar-refractivity contribution in [2.24, 2.45) is 5.92 Å². The third-order valence-corrected chi connectivity index (χ3v) is 2.85. The second-order valence-corrected chi connectivity index (χ2v) is 4.15. The van der Waals surface area contributed by atoms with Gasteiger partial charge in [-0.1, -0.05) is 43.3 Å². The lowest BCUT2D eigenvalue weighted by Gasteiger charge is -2.28. The molecule has 1 aromatic carbocycles. The zero-order valence-corrected chi connectivity index (χ0v) is 8.90. The van der Waals surface area contributed by atoms with E-state index >= 15 is 0 Å². The molecule has 14 heavy (non-hydrogen) atoms. The van der Waals surface area contributed by atoms with Crippen LogP contribution in [0.5, 0.6) is 0 Å². The van der Waals surface area contributed by atoms with Gasteiger partial charge in [0.15, 0.2) is 0 Å². The summed E-state index contributed by atoms with van der Waals surface area (Å²) in [6.45, 7) is 4.55. The molecule has 0 radical (unpaired) electrons. The van der Waals surface area contributed by atoms with Crippen molar-refractivity contribution in [1.29, 1.82) is 0 Å². The van der Waals surface area contributed by atoms with Crippen LogP contribution in [0.15, 0.2) is 36.4 Å². The van der Waals surface area contributed by atoms with Crippen molar-refractivity contribution < 1.29 is 0 Å². The Morgan fingerprint density at radius 2 is 1.93 bits per heavy atom. The summed E-state index contributed by atoms with van der Waals surface area (Å²) in [7, 11) is 2.18. The Morgan fingerprint density at radius 3 is 2.57 bits per heavy atom. The minimum absolute atomic E-state index is 0.649. The highest BCUT2D eigenvalue weighted by Crippen LogP contribution is 2.26. The lowest BCUT2D eigenvalue weighted by Crippen LogP contribution is -2.29. The molecule has 1 heterocycles. The van der Waals surface area contributed by atoms with Gasteiger partial charge < -0.3 is 4.90 Å². The molecule has 0 saturated heterocycles. The molecule has 0 saturated carbocycles. The molecule has 1 heteroatoms. The lowest BCUT2D eigenvalue weighted by atomic mass is 9.91. The van der Waals surface area contributed by atoms with Crippen LogP contribution in [0.2, 0.25) is 0 Å². The van der Waals surface area contributed by atoms with Gasteiger partial charge in [0.25, 0.3) is 0 Å². The predicted octanol–water partition coefficient (Wildman–Crippen LogP) is 2.65. The fourth-order valence-electron chi connectivity index (χ4n) is 2.13. The standard InChI is InChI=1S/C13H17N/c1-11-10-14(2)9-8-13(11)12-6-4-3-5-7-12/h3-8,11H,9-10H2,1-2H3. The topological polar surface area (TPSA) is 3.24 Å².